The fourth-order valence-corrected chi connectivity index (χ4v) is 2.66. The van der Waals surface area contributed by atoms with E-state index in [4.69, 9.17) is 16.7 Å². The van der Waals surface area contributed by atoms with Crippen LogP contribution in [-0.4, -0.2) is 15.0 Å². The SMILES string of the molecule is NS(=O)(=O)c1ccc(CCNCc2ccccc2Cl)cc1. The second-order valence-corrected chi connectivity index (χ2v) is 6.68. The normalized spacial score (nSPS) is 11.5. The smallest absolute Gasteiger partial charge is 0.238 e. The number of primary sulfonamides is 1. The molecule has 21 heavy (non-hydrogen) atoms. The molecular formula is C15H17ClN2O2S. The molecule has 0 spiro atoms. The average molecular weight is 325 g/mol. The molecule has 6 heteroatoms. The van der Waals surface area contributed by atoms with Crippen LogP contribution in [0.1, 0.15) is 11.1 Å². The summed E-state index contributed by atoms with van der Waals surface area (Å²) < 4.78 is 22.3. The summed E-state index contributed by atoms with van der Waals surface area (Å²) in [5, 5.41) is 9.12. The molecule has 0 amide bonds. The van der Waals surface area contributed by atoms with Crippen LogP contribution in [0.15, 0.2) is 53.4 Å². The highest BCUT2D eigenvalue weighted by molar-refractivity contribution is 7.89. The summed E-state index contributed by atoms with van der Waals surface area (Å²) >= 11 is 6.07. The molecule has 0 saturated heterocycles. The zero-order chi connectivity index (χ0) is 15.3. The van der Waals surface area contributed by atoms with Crippen molar-refractivity contribution in [3.05, 3.63) is 64.7 Å². The minimum Gasteiger partial charge on any atom is -0.312 e. The summed E-state index contributed by atoms with van der Waals surface area (Å²) in [6.07, 6.45) is 0.801. The lowest BCUT2D eigenvalue weighted by Crippen LogP contribution is -2.17. The average Bonchev–Trinajstić information content (AvgIpc) is 2.45. The van der Waals surface area contributed by atoms with Gasteiger partial charge in [-0.15, -0.1) is 0 Å². The Bertz CT molecular complexity index is 700. The highest BCUT2D eigenvalue weighted by Gasteiger charge is 2.06. The number of benzene rings is 2. The zero-order valence-electron chi connectivity index (χ0n) is 11.4. The van der Waals surface area contributed by atoms with Gasteiger partial charge in [-0.05, 0) is 42.3 Å². The van der Waals surface area contributed by atoms with Gasteiger partial charge in [0.25, 0.3) is 0 Å². The molecule has 2 rings (SSSR count). The molecule has 3 N–H and O–H groups in total. The van der Waals surface area contributed by atoms with Gasteiger partial charge in [0.2, 0.25) is 10.0 Å². The van der Waals surface area contributed by atoms with E-state index >= 15 is 0 Å². The second-order valence-electron chi connectivity index (χ2n) is 4.71. The summed E-state index contributed by atoms with van der Waals surface area (Å²) in [4.78, 5) is 0.135. The molecule has 0 heterocycles. The van der Waals surface area contributed by atoms with Gasteiger partial charge in [-0.3, -0.25) is 0 Å². The van der Waals surface area contributed by atoms with Crippen molar-refractivity contribution in [1.82, 2.24) is 5.32 Å². The topological polar surface area (TPSA) is 72.2 Å². The minimum atomic E-state index is -3.62. The van der Waals surface area contributed by atoms with E-state index in [0.29, 0.717) is 6.54 Å². The fourth-order valence-electron chi connectivity index (χ4n) is 1.94. The molecule has 0 aliphatic carbocycles. The van der Waals surface area contributed by atoms with Crippen molar-refractivity contribution in [3.8, 4) is 0 Å². The van der Waals surface area contributed by atoms with Crippen LogP contribution in [0.2, 0.25) is 5.02 Å². The number of nitrogens with one attached hydrogen (secondary N) is 1. The van der Waals surface area contributed by atoms with Crippen LogP contribution < -0.4 is 10.5 Å². The lowest BCUT2D eigenvalue weighted by Gasteiger charge is -2.07. The van der Waals surface area contributed by atoms with E-state index in [2.05, 4.69) is 5.32 Å². The maximum atomic E-state index is 11.1. The molecule has 2 aromatic rings. The molecular weight excluding hydrogens is 308 g/mol. The van der Waals surface area contributed by atoms with Crippen molar-refractivity contribution in [2.45, 2.75) is 17.9 Å². The molecule has 0 fully saturated rings. The first-order valence-electron chi connectivity index (χ1n) is 6.53. The van der Waals surface area contributed by atoms with Crippen LogP contribution in [0.25, 0.3) is 0 Å². The number of hydrogen-bond acceptors (Lipinski definition) is 3. The quantitative estimate of drug-likeness (QED) is 0.801. The molecule has 0 aliphatic rings. The summed E-state index contributed by atoms with van der Waals surface area (Å²) in [6, 6.07) is 14.3. The first-order valence-corrected chi connectivity index (χ1v) is 8.45. The number of halogens is 1. The molecule has 0 aromatic heterocycles. The second kappa shape index (κ2) is 7.04. The number of hydrogen-bond donors (Lipinski definition) is 2. The van der Waals surface area contributed by atoms with Crippen LogP contribution in [0.3, 0.4) is 0 Å². The van der Waals surface area contributed by atoms with Crippen molar-refractivity contribution < 1.29 is 8.42 Å². The molecule has 0 saturated carbocycles. The Hall–Kier alpha value is -1.40. The highest BCUT2D eigenvalue weighted by atomic mass is 35.5. The van der Waals surface area contributed by atoms with Gasteiger partial charge in [0.15, 0.2) is 0 Å². The van der Waals surface area contributed by atoms with E-state index in [9.17, 15) is 8.42 Å². The first-order chi connectivity index (χ1) is 9.97. The van der Waals surface area contributed by atoms with Crippen molar-refractivity contribution >= 4 is 21.6 Å². The molecule has 0 aliphatic heterocycles. The van der Waals surface area contributed by atoms with E-state index < -0.39 is 10.0 Å². The summed E-state index contributed by atoms with van der Waals surface area (Å²) in [5.41, 5.74) is 2.11. The van der Waals surface area contributed by atoms with Gasteiger partial charge in [0.05, 0.1) is 4.90 Å². The molecule has 0 unspecified atom stereocenters. The predicted octanol–water partition coefficient (Wildman–Crippen LogP) is 2.32. The standard InChI is InChI=1S/C15H17ClN2O2S/c16-15-4-2-1-3-13(15)11-18-10-9-12-5-7-14(8-6-12)21(17,19)20/h1-8,18H,9-11H2,(H2,17,19,20). The summed E-state index contributed by atoms with van der Waals surface area (Å²) in [6.45, 7) is 1.48. The summed E-state index contributed by atoms with van der Waals surface area (Å²) in [7, 11) is -3.62. The number of rotatable bonds is 6. The van der Waals surface area contributed by atoms with Crippen molar-refractivity contribution in [3.63, 3.8) is 0 Å². The van der Waals surface area contributed by atoms with Gasteiger partial charge in [-0.2, -0.15) is 0 Å². The molecule has 112 valence electrons. The Morgan fingerprint density at radius 3 is 2.33 bits per heavy atom. The van der Waals surface area contributed by atoms with E-state index in [1.165, 1.54) is 12.1 Å². The van der Waals surface area contributed by atoms with Crippen LogP contribution in [-0.2, 0) is 23.0 Å². The van der Waals surface area contributed by atoms with Crippen LogP contribution in [0.5, 0.6) is 0 Å². The predicted molar refractivity (Wildman–Crippen MR) is 84.7 cm³/mol. The van der Waals surface area contributed by atoms with Crippen molar-refractivity contribution in [2.24, 2.45) is 5.14 Å². The maximum absolute atomic E-state index is 11.1. The fraction of sp³-hybridized carbons (Fsp3) is 0.200. The van der Waals surface area contributed by atoms with E-state index in [-0.39, 0.29) is 4.90 Å². The maximum Gasteiger partial charge on any atom is 0.238 e. The Labute approximate surface area is 130 Å². The minimum absolute atomic E-state index is 0.135. The lowest BCUT2D eigenvalue weighted by atomic mass is 10.1. The van der Waals surface area contributed by atoms with Crippen LogP contribution >= 0.6 is 11.6 Å². The van der Waals surface area contributed by atoms with Gasteiger partial charge < -0.3 is 5.32 Å². The third-order valence-electron chi connectivity index (χ3n) is 3.12. The molecule has 0 bridgehead atoms. The highest BCUT2D eigenvalue weighted by Crippen LogP contribution is 2.14. The Morgan fingerprint density at radius 2 is 1.71 bits per heavy atom. The van der Waals surface area contributed by atoms with Gasteiger partial charge in [-0.25, -0.2) is 13.6 Å². The van der Waals surface area contributed by atoms with Gasteiger partial charge in [0.1, 0.15) is 0 Å². The van der Waals surface area contributed by atoms with E-state index in [1.54, 1.807) is 12.1 Å². The molecule has 0 atom stereocenters. The Morgan fingerprint density at radius 1 is 1.05 bits per heavy atom. The molecule has 4 nitrogen and oxygen atoms in total. The van der Waals surface area contributed by atoms with Crippen molar-refractivity contribution in [2.75, 3.05) is 6.54 Å². The third kappa shape index (κ3) is 4.82. The summed E-state index contributed by atoms with van der Waals surface area (Å²) in [5.74, 6) is 0. The first kappa shape index (κ1) is 16.0. The largest absolute Gasteiger partial charge is 0.312 e. The van der Waals surface area contributed by atoms with Crippen molar-refractivity contribution in [1.29, 1.82) is 0 Å². The van der Waals surface area contributed by atoms with Crippen LogP contribution in [0, 0.1) is 0 Å². The van der Waals surface area contributed by atoms with Gasteiger partial charge in [-0.1, -0.05) is 41.9 Å². The number of nitrogens with two attached hydrogens (primary N) is 1. The Kier molecular flexibility index (Phi) is 5.36. The van der Waals surface area contributed by atoms with E-state index in [0.717, 1.165) is 29.1 Å². The van der Waals surface area contributed by atoms with Gasteiger partial charge >= 0.3 is 0 Å². The molecule has 0 radical (unpaired) electrons. The third-order valence-corrected chi connectivity index (χ3v) is 4.41. The monoisotopic (exact) mass is 324 g/mol. The van der Waals surface area contributed by atoms with Crippen LogP contribution in [0.4, 0.5) is 0 Å². The zero-order valence-corrected chi connectivity index (χ0v) is 13.0. The van der Waals surface area contributed by atoms with Gasteiger partial charge in [0, 0.05) is 11.6 Å². The Balaban J connectivity index is 1.83. The van der Waals surface area contributed by atoms with E-state index in [1.807, 2.05) is 24.3 Å². The lowest BCUT2D eigenvalue weighted by molar-refractivity contribution is 0.597. The number of sulfonamides is 1. The molecule has 2 aromatic carbocycles.